The molecule has 28 heavy (non-hydrogen) atoms. The van der Waals surface area contributed by atoms with Crippen LogP contribution in [0.4, 0.5) is 0 Å². The van der Waals surface area contributed by atoms with Gasteiger partial charge in [-0.1, -0.05) is 42.1 Å². The highest BCUT2D eigenvalue weighted by molar-refractivity contribution is 7.99. The van der Waals surface area contributed by atoms with Gasteiger partial charge in [-0.15, -0.1) is 5.10 Å². The first-order chi connectivity index (χ1) is 13.6. The fourth-order valence-corrected chi connectivity index (χ4v) is 3.19. The third kappa shape index (κ3) is 4.74. The van der Waals surface area contributed by atoms with E-state index in [1.165, 1.54) is 18.9 Å². The molecule has 3 aromatic rings. The predicted octanol–water partition coefficient (Wildman–Crippen LogP) is 2.17. The van der Waals surface area contributed by atoms with Crippen LogP contribution in [0.2, 0.25) is 0 Å². The lowest BCUT2D eigenvalue weighted by atomic mass is 10.1. The molecular weight excluding hydrogens is 378 g/mol. The van der Waals surface area contributed by atoms with Gasteiger partial charge in [0.1, 0.15) is 0 Å². The molecule has 2 aromatic carbocycles. The van der Waals surface area contributed by atoms with Crippen molar-refractivity contribution >= 4 is 23.6 Å². The molecule has 0 atom stereocenters. The van der Waals surface area contributed by atoms with Crippen LogP contribution in [0.1, 0.15) is 21.5 Å². The maximum Gasteiger partial charge on any atom is 0.337 e. The Bertz CT molecular complexity index is 972. The zero-order valence-corrected chi connectivity index (χ0v) is 16.3. The van der Waals surface area contributed by atoms with Crippen LogP contribution in [0.3, 0.4) is 0 Å². The molecule has 3 rings (SSSR count). The van der Waals surface area contributed by atoms with Crippen molar-refractivity contribution in [1.82, 2.24) is 25.5 Å². The van der Waals surface area contributed by atoms with Crippen LogP contribution >= 0.6 is 11.8 Å². The number of nitrogens with one attached hydrogen (secondary N) is 1. The van der Waals surface area contributed by atoms with Crippen molar-refractivity contribution in [2.75, 3.05) is 12.9 Å². The molecule has 9 heteroatoms. The number of amides is 1. The lowest BCUT2D eigenvalue weighted by Gasteiger charge is -2.08. The standard InChI is InChI=1S/C19H19N5O3S/c1-13-5-3-4-6-16(13)24-19(21-22-23-24)28-12-17(25)20-11-14-7-9-15(10-8-14)18(26)27-2/h3-10H,11-12H2,1-2H3,(H,20,25). The van der Waals surface area contributed by atoms with Crippen LogP contribution in [0.25, 0.3) is 5.69 Å². The molecule has 0 aliphatic rings. The number of methoxy groups -OCH3 is 1. The van der Waals surface area contributed by atoms with Crippen molar-refractivity contribution in [3.8, 4) is 5.69 Å². The van der Waals surface area contributed by atoms with Gasteiger partial charge < -0.3 is 10.1 Å². The Labute approximate surface area is 166 Å². The molecule has 0 aliphatic carbocycles. The molecule has 0 bridgehead atoms. The minimum absolute atomic E-state index is 0.138. The Hall–Kier alpha value is -3.20. The van der Waals surface area contributed by atoms with Crippen molar-refractivity contribution in [1.29, 1.82) is 0 Å². The van der Waals surface area contributed by atoms with Crippen LogP contribution < -0.4 is 5.32 Å². The van der Waals surface area contributed by atoms with E-state index in [4.69, 9.17) is 0 Å². The maximum absolute atomic E-state index is 12.2. The molecule has 144 valence electrons. The van der Waals surface area contributed by atoms with Gasteiger partial charge in [0.15, 0.2) is 0 Å². The summed E-state index contributed by atoms with van der Waals surface area (Å²) in [4.78, 5) is 23.6. The quantitative estimate of drug-likeness (QED) is 0.482. The minimum Gasteiger partial charge on any atom is -0.465 e. The van der Waals surface area contributed by atoms with Crippen molar-refractivity contribution in [2.45, 2.75) is 18.6 Å². The molecule has 0 radical (unpaired) electrons. The number of carbonyl (C=O) groups is 2. The number of nitrogens with zero attached hydrogens (tertiary/aromatic N) is 4. The highest BCUT2D eigenvalue weighted by Gasteiger charge is 2.13. The van der Waals surface area contributed by atoms with Gasteiger partial charge >= 0.3 is 5.97 Å². The summed E-state index contributed by atoms with van der Waals surface area (Å²) in [6, 6.07) is 14.6. The van der Waals surface area contributed by atoms with Gasteiger partial charge in [-0.2, -0.15) is 4.68 Å². The van der Waals surface area contributed by atoms with E-state index in [1.807, 2.05) is 31.2 Å². The number of tetrazole rings is 1. The number of aryl methyl sites for hydroxylation is 1. The normalized spacial score (nSPS) is 10.5. The van der Waals surface area contributed by atoms with Gasteiger partial charge in [0.05, 0.1) is 24.1 Å². The average molecular weight is 397 g/mol. The SMILES string of the molecule is COC(=O)c1ccc(CNC(=O)CSc2nnnn2-c2ccccc2C)cc1. The molecule has 8 nitrogen and oxygen atoms in total. The van der Waals surface area contributed by atoms with E-state index in [2.05, 4.69) is 25.6 Å². The number of benzene rings is 2. The van der Waals surface area contributed by atoms with Gasteiger partial charge in [0.2, 0.25) is 11.1 Å². The van der Waals surface area contributed by atoms with Gasteiger partial charge in [-0.3, -0.25) is 4.79 Å². The summed E-state index contributed by atoms with van der Waals surface area (Å²) in [5.41, 5.74) is 3.27. The Kier molecular flexibility index (Phi) is 6.38. The molecule has 0 saturated carbocycles. The maximum atomic E-state index is 12.2. The number of aromatic nitrogens is 4. The molecule has 1 amide bonds. The largest absolute Gasteiger partial charge is 0.465 e. The third-order valence-electron chi connectivity index (χ3n) is 3.98. The number of hydrogen-bond acceptors (Lipinski definition) is 7. The summed E-state index contributed by atoms with van der Waals surface area (Å²) < 4.78 is 6.28. The lowest BCUT2D eigenvalue weighted by Crippen LogP contribution is -2.24. The van der Waals surface area contributed by atoms with Crippen molar-refractivity contribution in [3.63, 3.8) is 0 Å². The van der Waals surface area contributed by atoms with E-state index in [-0.39, 0.29) is 11.7 Å². The summed E-state index contributed by atoms with van der Waals surface area (Å²) in [6.45, 7) is 2.34. The lowest BCUT2D eigenvalue weighted by molar-refractivity contribution is -0.118. The van der Waals surface area contributed by atoms with Crippen LogP contribution in [-0.2, 0) is 16.1 Å². The second kappa shape index (κ2) is 9.14. The molecule has 0 saturated heterocycles. The summed E-state index contributed by atoms with van der Waals surface area (Å²) >= 11 is 1.26. The van der Waals surface area contributed by atoms with Gasteiger partial charge in [0.25, 0.3) is 0 Å². The summed E-state index contributed by atoms with van der Waals surface area (Å²) in [5, 5.41) is 15.1. The number of carbonyl (C=O) groups excluding carboxylic acids is 2. The number of ether oxygens (including phenoxy) is 1. The highest BCUT2D eigenvalue weighted by atomic mass is 32.2. The van der Waals surface area contributed by atoms with E-state index in [1.54, 1.807) is 28.9 Å². The fourth-order valence-electron chi connectivity index (χ4n) is 2.48. The Morgan fingerprint density at radius 3 is 2.61 bits per heavy atom. The monoisotopic (exact) mass is 397 g/mol. The van der Waals surface area contributed by atoms with E-state index in [0.29, 0.717) is 17.3 Å². The second-order valence-corrected chi connectivity index (χ2v) is 6.86. The Balaban J connectivity index is 1.54. The van der Waals surface area contributed by atoms with Crippen molar-refractivity contribution in [2.24, 2.45) is 0 Å². The second-order valence-electron chi connectivity index (χ2n) is 5.91. The molecule has 1 N–H and O–H groups in total. The fraction of sp³-hybridized carbons (Fsp3) is 0.211. The molecule has 0 aliphatic heterocycles. The smallest absolute Gasteiger partial charge is 0.337 e. The van der Waals surface area contributed by atoms with Gasteiger partial charge in [-0.05, 0) is 46.7 Å². The topological polar surface area (TPSA) is 99.0 Å². The number of thioether (sulfide) groups is 1. The predicted molar refractivity (Wildman–Crippen MR) is 104 cm³/mol. The number of hydrogen-bond donors (Lipinski definition) is 1. The molecular formula is C19H19N5O3S. The molecule has 0 fully saturated rings. The van der Waals surface area contributed by atoms with Crippen molar-refractivity contribution < 1.29 is 14.3 Å². The van der Waals surface area contributed by atoms with Gasteiger partial charge in [0, 0.05) is 6.54 Å². The molecule has 0 spiro atoms. The summed E-state index contributed by atoms with van der Waals surface area (Å²) in [7, 11) is 1.34. The van der Waals surface area contributed by atoms with Gasteiger partial charge in [-0.25, -0.2) is 4.79 Å². The average Bonchev–Trinajstić information content (AvgIpc) is 3.19. The summed E-state index contributed by atoms with van der Waals surface area (Å²) in [6.07, 6.45) is 0. The van der Waals surface area contributed by atoms with E-state index in [9.17, 15) is 9.59 Å². The first-order valence-corrected chi connectivity index (χ1v) is 9.48. The first-order valence-electron chi connectivity index (χ1n) is 8.49. The summed E-state index contributed by atoms with van der Waals surface area (Å²) in [5.74, 6) is -0.341. The zero-order valence-electron chi connectivity index (χ0n) is 15.5. The van der Waals surface area contributed by atoms with Crippen LogP contribution in [0.15, 0.2) is 53.7 Å². The van der Waals surface area contributed by atoms with Crippen LogP contribution in [-0.4, -0.2) is 44.9 Å². The zero-order chi connectivity index (χ0) is 19.9. The molecule has 1 heterocycles. The third-order valence-corrected chi connectivity index (χ3v) is 4.90. The highest BCUT2D eigenvalue weighted by Crippen LogP contribution is 2.20. The van der Waals surface area contributed by atoms with E-state index in [0.717, 1.165) is 16.8 Å². The minimum atomic E-state index is -0.390. The van der Waals surface area contributed by atoms with Crippen molar-refractivity contribution in [3.05, 3.63) is 65.2 Å². The molecule has 0 unspecified atom stereocenters. The first kappa shape index (κ1) is 19.6. The van der Waals surface area contributed by atoms with Crippen LogP contribution in [0, 0.1) is 6.92 Å². The number of para-hydroxylation sites is 1. The Morgan fingerprint density at radius 2 is 1.89 bits per heavy atom. The molecule has 1 aromatic heterocycles. The number of esters is 1. The van der Waals surface area contributed by atoms with E-state index >= 15 is 0 Å². The van der Waals surface area contributed by atoms with E-state index < -0.39 is 5.97 Å². The Morgan fingerprint density at radius 1 is 1.14 bits per heavy atom. The number of rotatable bonds is 7. The van der Waals surface area contributed by atoms with Crippen LogP contribution in [0.5, 0.6) is 0 Å².